The maximum atomic E-state index is 12.2. The Kier molecular flexibility index (Phi) is 6.99. The molecular formula is C16H22Cl3N3O. The number of carbonyl (C=O) groups excluding carboxylic acids is 1. The molecule has 1 amide bonds. The maximum Gasteiger partial charge on any atom is 0.223 e. The molecule has 0 bridgehead atoms. The van der Waals surface area contributed by atoms with E-state index in [1.807, 2.05) is 12.1 Å². The summed E-state index contributed by atoms with van der Waals surface area (Å²) in [6, 6.07) is 5.54. The van der Waals surface area contributed by atoms with Crippen molar-refractivity contribution in [2.45, 2.75) is 12.3 Å². The lowest BCUT2D eigenvalue weighted by Crippen LogP contribution is -2.46. The van der Waals surface area contributed by atoms with Crippen molar-refractivity contribution in [3.63, 3.8) is 0 Å². The van der Waals surface area contributed by atoms with Crippen molar-refractivity contribution in [1.82, 2.24) is 15.5 Å². The second-order valence-electron chi connectivity index (χ2n) is 6.03. The fourth-order valence-electron chi connectivity index (χ4n) is 3.05. The molecule has 1 saturated carbocycles. The van der Waals surface area contributed by atoms with Gasteiger partial charge in [-0.1, -0.05) is 23.2 Å². The van der Waals surface area contributed by atoms with Gasteiger partial charge in [0.25, 0.3) is 0 Å². The van der Waals surface area contributed by atoms with Gasteiger partial charge >= 0.3 is 0 Å². The zero-order valence-electron chi connectivity index (χ0n) is 12.9. The highest BCUT2D eigenvalue weighted by atomic mass is 35.5. The van der Waals surface area contributed by atoms with Crippen molar-refractivity contribution in [2.24, 2.45) is 5.92 Å². The lowest BCUT2D eigenvalue weighted by Gasteiger charge is -2.27. The maximum absolute atomic E-state index is 12.2. The van der Waals surface area contributed by atoms with Gasteiger partial charge in [0.1, 0.15) is 0 Å². The highest BCUT2D eigenvalue weighted by Crippen LogP contribution is 2.48. The Morgan fingerprint density at radius 3 is 2.52 bits per heavy atom. The summed E-state index contributed by atoms with van der Waals surface area (Å²) in [6.45, 7) is 5.83. The molecule has 2 unspecified atom stereocenters. The smallest absolute Gasteiger partial charge is 0.223 e. The summed E-state index contributed by atoms with van der Waals surface area (Å²) in [7, 11) is 0. The molecule has 1 aliphatic carbocycles. The zero-order valence-corrected chi connectivity index (χ0v) is 15.2. The summed E-state index contributed by atoms with van der Waals surface area (Å²) < 4.78 is 0. The van der Waals surface area contributed by atoms with Crippen molar-refractivity contribution in [2.75, 3.05) is 39.3 Å². The highest BCUT2D eigenvalue weighted by Gasteiger charge is 2.43. The number of nitrogens with zero attached hydrogens (tertiary/aromatic N) is 1. The third-order valence-corrected chi connectivity index (χ3v) is 4.81. The number of hydrogen-bond donors (Lipinski definition) is 2. The second kappa shape index (κ2) is 8.54. The summed E-state index contributed by atoms with van der Waals surface area (Å²) >= 11 is 12.0. The van der Waals surface area contributed by atoms with Crippen molar-refractivity contribution < 1.29 is 4.79 Å². The second-order valence-corrected chi connectivity index (χ2v) is 6.91. The number of hydrogen-bond acceptors (Lipinski definition) is 3. The van der Waals surface area contributed by atoms with Gasteiger partial charge < -0.3 is 10.6 Å². The Bertz CT molecular complexity index is 529. The van der Waals surface area contributed by atoms with Gasteiger partial charge in [0.05, 0.1) is 0 Å². The fourth-order valence-corrected chi connectivity index (χ4v) is 3.59. The third-order valence-electron chi connectivity index (χ3n) is 4.38. The molecule has 128 valence electrons. The number of amides is 1. The van der Waals surface area contributed by atoms with Crippen molar-refractivity contribution >= 4 is 41.5 Å². The van der Waals surface area contributed by atoms with Crippen LogP contribution >= 0.6 is 35.6 Å². The van der Waals surface area contributed by atoms with E-state index < -0.39 is 0 Å². The molecule has 0 spiro atoms. The largest absolute Gasteiger partial charge is 0.355 e. The molecule has 0 radical (unpaired) electrons. The van der Waals surface area contributed by atoms with Crippen LogP contribution in [0.5, 0.6) is 0 Å². The van der Waals surface area contributed by atoms with Gasteiger partial charge in [0.2, 0.25) is 5.91 Å². The minimum Gasteiger partial charge on any atom is -0.355 e. The van der Waals surface area contributed by atoms with E-state index in [0.29, 0.717) is 10.0 Å². The average Bonchev–Trinajstić information content (AvgIpc) is 3.28. The van der Waals surface area contributed by atoms with Crippen LogP contribution in [0.25, 0.3) is 0 Å². The summed E-state index contributed by atoms with van der Waals surface area (Å²) in [6.07, 6.45) is 0.885. The molecule has 2 N–H and O–H groups in total. The van der Waals surface area contributed by atoms with Crippen LogP contribution in [0.3, 0.4) is 0 Å². The minimum atomic E-state index is 0. The molecule has 0 aromatic heterocycles. The van der Waals surface area contributed by atoms with Crippen LogP contribution in [-0.2, 0) is 4.79 Å². The van der Waals surface area contributed by atoms with E-state index in [9.17, 15) is 4.79 Å². The van der Waals surface area contributed by atoms with E-state index in [4.69, 9.17) is 23.2 Å². The molecule has 7 heteroatoms. The number of benzene rings is 1. The van der Waals surface area contributed by atoms with Crippen LogP contribution in [-0.4, -0.2) is 50.1 Å². The van der Waals surface area contributed by atoms with E-state index >= 15 is 0 Å². The van der Waals surface area contributed by atoms with Crippen LogP contribution in [0.15, 0.2) is 18.2 Å². The van der Waals surface area contributed by atoms with Crippen LogP contribution in [0.1, 0.15) is 17.9 Å². The Labute approximate surface area is 153 Å². The van der Waals surface area contributed by atoms with E-state index in [0.717, 1.165) is 51.3 Å². The van der Waals surface area contributed by atoms with E-state index in [1.165, 1.54) is 0 Å². The number of nitrogens with one attached hydrogen (secondary N) is 2. The summed E-state index contributed by atoms with van der Waals surface area (Å²) in [5, 5.41) is 7.64. The van der Waals surface area contributed by atoms with Crippen LogP contribution in [0, 0.1) is 5.92 Å². The molecule has 3 rings (SSSR count). The molecular weight excluding hydrogens is 357 g/mol. The van der Waals surface area contributed by atoms with Gasteiger partial charge in [-0.05, 0) is 36.1 Å². The first-order chi connectivity index (χ1) is 10.6. The van der Waals surface area contributed by atoms with Gasteiger partial charge in [-0.25, -0.2) is 0 Å². The van der Waals surface area contributed by atoms with E-state index in [-0.39, 0.29) is 30.2 Å². The average molecular weight is 379 g/mol. The Morgan fingerprint density at radius 2 is 1.87 bits per heavy atom. The molecule has 1 aliphatic heterocycles. The summed E-state index contributed by atoms with van der Waals surface area (Å²) in [4.78, 5) is 14.6. The topological polar surface area (TPSA) is 44.4 Å². The Morgan fingerprint density at radius 1 is 1.22 bits per heavy atom. The number of piperazine rings is 1. The molecule has 2 aliphatic rings. The van der Waals surface area contributed by atoms with Gasteiger partial charge in [0.15, 0.2) is 0 Å². The quantitative estimate of drug-likeness (QED) is 0.827. The third kappa shape index (κ3) is 5.23. The molecule has 2 atom stereocenters. The number of rotatable bonds is 5. The zero-order chi connectivity index (χ0) is 15.5. The van der Waals surface area contributed by atoms with Crippen LogP contribution in [0.4, 0.5) is 0 Å². The van der Waals surface area contributed by atoms with Gasteiger partial charge in [-0.15, -0.1) is 12.4 Å². The van der Waals surface area contributed by atoms with E-state index in [2.05, 4.69) is 15.5 Å². The summed E-state index contributed by atoms with van der Waals surface area (Å²) in [5.41, 5.74) is 1.07. The monoisotopic (exact) mass is 377 g/mol. The van der Waals surface area contributed by atoms with Crippen molar-refractivity contribution in [1.29, 1.82) is 0 Å². The van der Waals surface area contributed by atoms with E-state index in [1.54, 1.807) is 6.07 Å². The van der Waals surface area contributed by atoms with Gasteiger partial charge in [-0.2, -0.15) is 0 Å². The molecule has 23 heavy (non-hydrogen) atoms. The SMILES string of the molecule is Cl.O=C(NCCN1CCNCC1)C1CC1c1cc(Cl)cc(Cl)c1. The first kappa shape index (κ1) is 18.8. The lowest BCUT2D eigenvalue weighted by atomic mass is 10.1. The molecule has 4 nitrogen and oxygen atoms in total. The standard InChI is InChI=1S/C16H21Cl2N3O.ClH/c17-12-7-11(8-13(18)9-12)14-10-15(14)16(22)20-3-6-21-4-1-19-2-5-21;/h7-9,14-15,19H,1-6,10H2,(H,20,22);1H. The lowest BCUT2D eigenvalue weighted by molar-refractivity contribution is -0.122. The Hall–Kier alpha value is -0.520. The fraction of sp³-hybridized carbons (Fsp3) is 0.562. The molecule has 1 aromatic carbocycles. The van der Waals surface area contributed by atoms with Crippen molar-refractivity contribution in [3.8, 4) is 0 Å². The van der Waals surface area contributed by atoms with Gasteiger partial charge in [-0.3, -0.25) is 9.69 Å². The normalized spacial score (nSPS) is 23.9. The van der Waals surface area contributed by atoms with Crippen LogP contribution in [0.2, 0.25) is 10.0 Å². The van der Waals surface area contributed by atoms with Gasteiger partial charge in [0, 0.05) is 55.2 Å². The first-order valence-electron chi connectivity index (χ1n) is 7.80. The molecule has 1 aromatic rings. The predicted molar refractivity (Wildman–Crippen MR) is 96.9 cm³/mol. The Balaban J connectivity index is 0.00000192. The van der Waals surface area contributed by atoms with Crippen LogP contribution < -0.4 is 10.6 Å². The number of halogens is 3. The highest BCUT2D eigenvalue weighted by molar-refractivity contribution is 6.34. The molecule has 2 fully saturated rings. The number of carbonyl (C=O) groups is 1. The minimum absolute atomic E-state index is 0. The molecule has 1 heterocycles. The predicted octanol–water partition coefficient (Wildman–Crippen LogP) is 2.54. The first-order valence-corrected chi connectivity index (χ1v) is 8.56. The molecule has 1 saturated heterocycles. The van der Waals surface area contributed by atoms with Crippen molar-refractivity contribution in [3.05, 3.63) is 33.8 Å². The summed E-state index contributed by atoms with van der Waals surface area (Å²) in [5.74, 6) is 0.476.